The first-order valence-electron chi connectivity index (χ1n) is 7.48. The molecular formula is C16H21N5O. The van der Waals surface area contributed by atoms with Crippen LogP contribution in [0.5, 0.6) is 0 Å². The second kappa shape index (κ2) is 6.09. The summed E-state index contributed by atoms with van der Waals surface area (Å²) in [6.07, 6.45) is 3.35. The molecule has 0 saturated carbocycles. The Kier molecular flexibility index (Phi) is 4.00. The molecule has 2 amide bonds. The molecule has 1 aromatic heterocycles. The molecule has 2 aromatic rings. The van der Waals surface area contributed by atoms with Crippen LogP contribution in [0.2, 0.25) is 0 Å². The lowest BCUT2D eigenvalue weighted by molar-refractivity contribution is 0.214. The molecule has 0 atom stereocenters. The molecule has 0 unspecified atom stereocenters. The number of fused-ring (bicyclic) bond motifs is 1. The smallest absolute Gasteiger partial charge is 0.321 e. The van der Waals surface area contributed by atoms with Gasteiger partial charge in [0.1, 0.15) is 0 Å². The van der Waals surface area contributed by atoms with E-state index in [1.807, 2.05) is 48.2 Å². The lowest BCUT2D eigenvalue weighted by Crippen LogP contribution is -2.36. The number of amides is 2. The van der Waals surface area contributed by atoms with Crippen molar-refractivity contribution in [3.63, 3.8) is 0 Å². The van der Waals surface area contributed by atoms with E-state index in [1.54, 1.807) is 6.33 Å². The first-order chi connectivity index (χ1) is 10.6. The van der Waals surface area contributed by atoms with E-state index in [9.17, 15) is 4.79 Å². The van der Waals surface area contributed by atoms with Crippen LogP contribution in [0.15, 0.2) is 30.6 Å². The number of benzene rings is 1. The summed E-state index contributed by atoms with van der Waals surface area (Å²) >= 11 is 0. The number of imidazole rings is 1. The van der Waals surface area contributed by atoms with Crippen LogP contribution in [0.4, 0.5) is 16.2 Å². The summed E-state index contributed by atoms with van der Waals surface area (Å²) in [5.41, 5.74) is 4.14. The van der Waals surface area contributed by atoms with E-state index in [-0.39, 0.29) is 6.03 Å². The minimum absolute atomic E-state index is 0.0530. The van der Waals surface area contributed by atoms with Gasteiger partial charge in [0.05, 0.1) is 12.0 Å². The molecule has 1 aliphatic heterocycles. The van der Waals surface area contributed by atoms with Gasteiger partial charge in [-0.2, -0.15) is 0 Å². The molecule has 2 heterocycles. The Morgan fingerprint density at radius 2 is 1.95 bits per heavy atom. The van der Waals surface area contributed by atoms with Gasteiger partial charge in [0.15, 0.2) is 0 Å². The number of anilines is 2. The van der Waals surface area contributed by atoms with Crippen molar-refractivity contribution in [2.24, 2.45) is 0 Å². The number of urea groups is 1. The van der Waals surface area contributed by atoms with Gasteiger partial charge >= 0.3 is 6.03 Å². The predicted molar refractivity (Wildman–Crippen MR) is 87.4 cm³/mol. The van der Waals surface area contributed by atoms with Crippen molar-refractivity contribution in [2.75, 3.05) is 37.4 Å². The molecule has 0 radical (unpaired) electrons. The highest BCUT2D eigenvalue weighted by Gasteiger charge is 2.19. The predicted octanol–water partition coefficient (Wildman–Crippen LogP) is 2.11. The van der Waals surface area contributed by atoms with Gasteiger partial charge in [0.25, 0.3) is 0 Å². The van der Waals surface area contributed by atoms with Gasteiger partial charge in [-0.25, -0.2) is 9.78 Å². The average Bonchev–Trinajstić information content (AvgIpc) is 2.86. The van der Waals surface area contributed by atoms with Crippen molar-refractivity contribution >= 4 is 17.4 Å². The highest BCUT2D eigenvalue weighted by Crippen LogP contribution is 2.17. The zero-order valence-electron chi connectivity index (χ0n) is 13.0. The number of rotatable bonds is 2. The summed E-state index contributed by atoms with van der Waals surface area (Å²) in [6.45, 7) is 1.40. The van der Waals surface area contributed by atoms with Crippen molar-refractivity contribution in [3.8, 4) is 0 Å². The van der Waals surface area contributed by atoms with Crippen molar-refractivity contribution in [1.82, 2.24) is 14.9 Å². The second-order valence-corrected chi connectivity index (χ2v) is 5.69. The Bertz CT molecular complexity index is 624. The van der Waals surface area contributed by atoms with Gasteiger partial charge < -0.3 is 20.1 Å². The standard InChI is InChI=1S/C16H21N5O/c1-20(2)13-5-3-12(4-6-13)19-16(22)21-9-7-14-15(8-10-21)18-11-17-14/h3-6,11H,7-10H2,1-2H3,(H,17,18)(H,19,22). The van der Waals surface area contributed by atoms with E-state index in [1.165, 1.54) is 0 Å². The normalized spacial score (nSPS) is 14.2. The minimum Gasteiger partial charge on any atom is -0.378 e. The molecule has 6 heteroatoms. The average molecular weight is 299 g/mol. The maximum absolute atomic E-state index is 12.4. The number of nitrogens with one attached hydrogen (secondary N) is 2. The van der Waals surface area contributed by atoms with E-state index < -0.39 is 0 Å². The fourth-order valence-electron chi connectivity index (χ4n) is 2.63. The van der Waals surface area contributed by atoms with E-state index >= 15 is 0 Å². The fraction of sp³-hybridized carbons (Fsp3) is 0.375. The molecule has 0 spiro atoms. The molecule has 3 rings (SSSR count). The highest BCUT2D eigenvalue weighted by molar-refractivity contribution is 5.89. The number of carbonyl (C=O) groups excluding carboxylic acids is 1. The van der Waals surface area contributed by atoms with Crippen molar-refractivity contribution in [1.29, 1.82) is 0 Å². The van der Waals surface area contributed by atoms with Gasteiger partial charge in [0.2, 0.25) is 0 Å². The summed E-state index contributed by atoms with van der Waals surface area (Å²) in [6, 6.07) is 7.78. The van der Waals surface area contributed by atoms with Crippen LogP contribution in [-0.2, 0) is 12.8 Å². The highest BCUT2D eigenvalue weighted by atomic mass is 16.2. The summed E-state index contributed by atoms with van der Waals surface area (Å²) < 4.78 is 0. The van der Waals surface area contributed by atoms with Gasteiger partial charge in [-0.15, -0.1) is 0 Å². The lowest BCUT2D eigenvalue weighted by Gasteiger charge is -2.21. The van der Waals surface area contributed by atoms with Crippen LogP contribution >= 0.6 is 0 Å². The Balaban J connectivity index is 1.61. The van der Waals surface area contributed by atoms with E-state index in [4.69, 9.17) is 0 Å². The number of hydrogen-bond acceptors (Lipinski definition) is 3. The van der Waals surface area contributed by atoms with Crippen molar-refractivity contribution in [3.05, 3.63) is 42.0 Å². The molecular weight excluding hydrogens is 278 g/mol. The van der Waals surface area contributed by atoms with Crippen molar-refractivity contribution < 1.29 is 4.79 Å². The number of H-pyrrole nitrogens is 1. The topological polar surface area (TPSA) is 64.3 Å². The minimum atomic E-state index is -0.0530. The van der Waals surface area contributed by atoms with E-state index in [2.05, 4.69) is 15.3 Å². The monoisotopic (exact) mass is 299 g/mol. The number of carbonyl (C=O) groups is 1. The first kappa shape index (κ1) is 14.4. The maximum atomic E-state index is 12.4. The molecule has 6 nitrogen and oxygen atoms in total. The van der Waals surface area contributed by atoms with Crippen LogP contribution in [0.3, 0.4) is 0 Å². The largest absolute Gasteiger partial charge is 0.378 e. The zero-order valence-corrected chi connectivity index (χ0v) is 13.0. The molecule has 1 aromatic carbocycles. The number of hydrogen-bond donors (Lipinski definition) is 2. The zero-order chi connectivity index (χ0) is 15.5. The molecule has 0 saturated heterocycles. The van der Waals surface area contributed by atoms with Crippen LogP contribution in [0.25, 0.3) is 0 Å². The van der Waals surface area contributed by atoms with Crippen LogP contribution < -0.4 is 10.2 Å². The number of aromatic amines is 1. The Labute approximate surface area is 130 Å². The summed E-state index contributed by atoms with van der Waals surface area (Å²) in [5, 5.41) is 2.96. The fourth-order valence-corrected chi connectivity index (χ4v) is 2.63. The van der Waals surface area contributed by atoms with E-state index in [0.29, 0.717) is 13.1 Å². The Morgan fingerprint density at radius 1 is 1.23 bits per heavy atom. The number of nitrogens with zero attached hydrogens (tertiary/aromatic N) is 3. The van der Waals surface area contributed by atoms with Gasteiger partial charge in [-0.3, -0.25) is 0 Å². The molecule has 2 N–H and O–H groups in total. The molecule has 0 bridgehead atoms. The molecule has 0 fully saturated rings. The Morgan fingerprint density at radius 3 is 2.68 bits per heavy atom. The number of aromatic nitrogens is 2. The summed E-state index contributed by atoms with van der Waals surface area (Å²) in [7, 11) is 3.99. The summed E-state index contributed by atoms with van der Waals surface area (Å²) in [5.74, 6) is 0. The van der Waals surface area contributed by atoms with Gasteiger partial charge in [-0.1, -0.05) is 0 Å². The molecule has 0 aliphatic carbocycles. The van der Waals surface area contributed by atoms with Crippen LogP contribution in [0, 0.1) is 0 Å². The maximum Gasteiger partial charge on any atom is 0.321 e. The molecule has 1 aliphatic rings. The third-order valence-electron chi connectivity index (χ3n) is 3.98. The molecule has 116 valence electrons. The lowest BCUT2D eigenvalue weighted by atomic mass is 10.2. The SMILES string of the molecule is CN(C)c1ccc(NC(=O)N2CCc3nc[nH]c3CC2)cc1. The van der Waals surface area contributed by atoms with Crippen LogP contribution in [-0.4, -0.2) is 48.1 Å². The third-order valence-corrected chi connectivity index (χ3v) is 3.98. The molecule has 22 heavy (non-hydrogen) atoms. The quantitative estimate of drug-likeness (QED) is 0.892. The van der Waals surface area contributed by atoms with Gasteiger partial charge in [-0.05, 0) is 24.3 Å². The van der Waals surface area contributed by atoms with Crippen molar-refractivity contribution in [2.45, 2.75) is 12.8 Å². The summed E-state index contributed by atoms with van der Waals surface area (Å²) in [4.78, 5) is 23.7. The second-order valence-electron chi connectivity index (χ2n) is 5.69. The van der Waals surface area contributed by atoms with Crippen LogP contribution in [0.1, 0.15) is 11.4 Å². The third kappa shape index (κ3) is 3.05. The van der Waals surface area contributed by atoms with E-state index in [0.717, 1.165) is 35.6 Å². The van der Waals surface area contributed by atoms with Gasteiger partial charge in [0, 0.05) is 57.1 Å². The first-order valence-corrected chi connectivity index (χ1v) is 7.48. The Hall–Kier alpha value is -2.50.